The van der Waals surface area contributed by atoms with E-state index in [1.807, 2.05) is 13.8 Å². The Morgan fingerprint density at radius 1 is 1.06 bits per heavy atom. The van der Waals surface area contributed by atoms with E-state index < -0.39 is 23.2 Å². The summed E-state index contributed by atoms with van der Waals surface area (Å²) in [5, 5.41) is 14.4. The van der Waals surface area contributed by atoms with Gasteiger partial charge in [-0.2, -0.15) is 0 Å². The number of hydrogen-bond acceptors (Lipinski definition) is 10. The number of nitro groups is 1. The summed E-state index contributed by atoms with van der Waals surface area (Å²) in [6.07, 6.45) is 0.379. The first-order valence-corrected chi connectivity index (χ1v) is 11.5. The fraction of sp³-hybridized carbons (Fsp3) is 0.500. The molecule has 0 saturated carbocycles. The molecule has 1 atom stereocenters. The van der Waals surface area contributed by atoms with Crippen LogP contribution in [-0.2, 0) is 18.9 Å². The third-order valence-corrected chi connectivity index (χ3v) is 5.04. The largest absolute Gasteiger partial charge is 0.513 e. The first kappa shape index (κ1) is 27.6. The fourth-order valence-electron chi connectivity index (χ4n) is 3.40. The number of rotatable bonds is 11. The molecule has 2 rings (SSSR count). The van der Waals surface area contributed by atoms with E-state index in [1.165, 1.54) is 18.2 Å². The van der Waals surface area contributed by atoms with E-state index in [0.29, 0.717) is 29.9 Å². The lowest BCUT2D eigenvalue weighted by molar-refractivity contribution is -0.384. The van der Waals surface area contributed by atoms with Crippen molar-refractivity contribution in [2.24, 2.45) is 11.7 Å². The molecular formula is C24H33N3O8. The molecule has 3 N–H and O–H groups in total. The van der Waals surface area contributed by atoms with Gasteiger partial charge in [-0.1, -0.05) is 26.0 Å². The summed E-state index contributed by atoms with van der Waals surface area (Å²) < 4.78 is 21.4. The Morgan fingerprint density at radius 2 is 1.69 bits per heavy atom. The molecule has 11 heteroatoms. The Hall–Kier alpha value is -3.60. The van der Waals surface area contributed by atoms with Crippen molar-refractivity contribution in [1.82, 2.24) is 5.32 Å². The minimum absolute atomic E-state index is 0.0923. The zero-order valence-corrected chi connectivity index (χ0v) is 20.5. The SMILES string of the molecule is CC1=C(OC(=O)OCCCCCN)C(c2cccc([N+](=O)[O-])c2)C(OC(=O)OCC(C)C)=C(C)N1. The van der Waals surface area contributed by atoms with Gasteiger partial charge >= 0.3 is 12.3 Å². The van der Waals surface area contributed by atoms with Crippen LogP contribution in [0.4, 0.5) is 15.3 Å². The molecule has 1 aromatic rings. The zero-order valence-electron chi connectivity index (χ0n) is 20.5. The first-order chi connectivity index (χ1) is 16.6. The monoisotopic (exact) mass is 491 g/mol. The maximum Gasteiger partial charge on any atom is 0.513 e. The number of unbranched alkanes of at least 4 members (excludes halogenated alkanes) is 2. The van der Waals surface area contributed by atoms with Crippen LogP contribution in [0.15, 0.2) is 47.2 Å². The number of hydrogen-bond donors (Lipinski definition) is 2. The molecule has 192 valence electrons. The lowest BCUT2D eigenvalue weighted by Crippen LogP contribution is -2.29. The number of carbonyl (C=O) groups is 2. The highest BCUT2D eigenvalue weighted by Crippen LogP contribution is 2.40. The second-order valence-corrected chi connectivity index (χ2v) is 8.50. The molecule has 1 aliphatic heterocycles. The summed E-state index contributed by atoms with van der Waals surface area (Å²) in [7, 11) is 0. The van der Waals surface area contributed by atoms with Crippen molar-refractivity contribution in [3.63, 3.8) is 0 Å². The van der Waals surface area contributed by atoms with E-state index in [9.17, 15) is 19.7 Å². The van der Waals surface area contributed by atoms with Crippen LogP contribution in [0.2, 0.25) is 0 Å². The summed E-state index contributed by atoms with van der Waals surface area (Å²) in [5.41, 5.74) is 6.61. The molecule has 1 unspecified atom stereocenters. The van der Waals surface area contributed by atoms with Crippen LogP contribution >= 0.6 is 0 Å². The topological polar surface area (TPSA) is 152 Å². The van der Waals surface area contributed by atoms with E-state index in [-0.39, 0.29) is 36.3 Å². The van der Waals surface area contributed by atoms with Gasteiger partial charge in [0.15, 0.2) is 0 Å². The van der Waals surface area contributed by atoms with E-state index >= 15 is 0 Å². The average Bonchev–Trinajstić information content (AvgIpc) is 2.80. The van der Waals surface area contributed by atoms with Gasteiger partial charge in [-0.3, -0.25) is 10.1 Å². The normalized spacial score (nSPS) is 15.5. The molecule has 0 saturated heterocycles. The Kier molecular flexibility index (Phi) is 10.5. The minimum Gasteiger partial charge on any atom is -0.434 e. The third-order valence-electron chi connectivity index (χ3n) is 5.04. The van der Waals surface area contributed by atoms with Crippen molar-refractivity contribution in [3.8, 4) is 0 Å². The van der Waals surface area contributed by atoms with Gasteiger partial charge in [0, 0.05) is 12.1 Å². The molecular weight excluding hydrogens is 458 g/mol. The van der Waals surface area contributed by atoms with Crippen LogP contribution < -0.4 is 11.1 Å². The number of allylic oxidation sites excluding steroid dienone is 2. The highest BCUT2D eigenvalue weighted by Gasteiger charge is 2.36. The van der Waals surface area contributed by atoms with Crippen LogP contribution in [0.3, 0.4) is 0 Å². The predicted octanol–water partition coefficient (Wildman–Crippen LogP) is 4.84. The number of benzene rings is 1. The van der Waals surface area contributed by atoms with Crippen LogP contribution in [0.1, 0.15) is 58.4 Å². The third kappa shape index (κ3) is 8.29. The highest BCUT2D eigenvalue weighted by atomic mass is 16.7. The Balaban J connectivity index is 2.35. The molecule has 0 spiro atoms. The molecule has 1 aliphatic rings. The molecule has 35 heavy (non-hydrogen) atoms. The molecule has 1 aromatic carbocycles. The second kappa shape index (κ2) is 13.3. The fourth-order valence-corrected chi connectivity index (χ4v) is 3.40. The first-order valence-electron chi connectivity index (χ1n) is 11.5. The summed E-state index contributed by atoms with van der Waals surface area (Å²) in [6.45, 7) is 7.96. The summed E-state index contributed by atoms with van der Waals surface area (Å²) in [5.74, 6) is -0.659. The summed E-state index contributed by atoms with van der Waals surface area (Å²) in [6, 6.07) is 5.79. The molecule has 0 aromatic heterocycles. The number of carbonyl (C=O) groups excluding carboxylic acids is 2. The van der Waals surface area contributed by atoms with Gasteiger partial charge in [-0.05, 0) is 51.1 Å². The number of nitrogens with two attached hydrogens (primary N) is 1. The van der Waals surface area contributed by atoms with Gasteiger partial charge in [0.2, 0.25) is 0 Å². The van der Waals surface area contributed by atoms with Crippen molar-refractivity contribution in [3.05, 3.63) is 62.9 Å². The Bertz CT molecular complexity index is 987. The van der Waals surface area contributed by atoms with E-state index in [0.717, 1.165) is 12.8 Å². The van der Waals surface area contributed by atoms with Crippen molar-refractivity contribution in [1.29, 1.82) is 0 Å². The zero-order chi connectivity index (χ0) is 26.0. The second-order valence-electron chi connectivity index (χ2n) is 8.50. The number of dihydropyridines is 1. The number of nitrogens with one attached hydrogen (secondary N) is 1. The number of non-ortho nitro benzene ring substituents is 1. The lowest BCUT2D eigenvalue weighted by atomic mass is 9.90. The number of ether oxygens (including phenoxy) is 4. The average molecular weight is 492 g/mol. The maximum absolute atomic E-state index is 12.4. The molecule has 0 radical (unpaired) electrons. The summed E-state index contributed by atoms with van der Waals surface area (Å²) in [4.78, 5) is 35.7. The molecule has 0 amide bonds. The van der Waals surface area contributed by atoms with Gasteiger partial charge in [-0.15, -0.1) is 0 Å². The van der Waals surface area contributed by atoms with Gasteiger partial charge in [0.25, 0.3) is 5.69 Å². The Labute approximate surface area is 204 Å². The minimum atomic E-state index is -0.939. The van der Waals surface area contributed by atoms with Crippen LogP contribution in [-0.4, -0.2) is 37.0 Å². The van der Waals surface area contributed by atoms with Crippen molar-refractivity contribution in [2.75, 3.05) is 19.8 Å². The van der Waals surface area contributed by atoms with Crippen molar-refractivity contribution < 1.29 is 33.5 Å². The number of nitro benzene ring substituents is 1. The van der Waals surface area contributed by atoms with E-state index in [4.69, 9.17) is 24.7 Å². The summed E-state index contributed by atoms with van der Waals surface area (Å²) >= 11 is 0. The van der Waals surface area contributed by atoms with Crippen molar-refractivity contribution >= 4 is 18.0 Å². The quantitative estimate of drug-likeness (QED) is 0.190. The van der Waals surface area contributed by atoms with Gasteiger partial charge in [-0.25, -0.2) is 9.59 Å². The standard InChI is InChI=1S/C24H33N3O8/c1-15(2)14-33-24(29)35-22-17(4)26-16(3)21(34-23(28)32-12-7-5-6-11-25)20(22)18-9-8-10-19(13-18)27(30)31/h8-10,13,15,20,26H,5-7,11-12,14,25H2,1-4H3. The lowest BCUT2D eigenvalue weighted by Gasteiger charge is -2.30. The maximum atomic E-state index is 12.4. The highest BCUT2D eigenvalue weighted by molar-refractivity contribution is 5.65. The number of nitrogens with zero attached hydrogens (tertiary/aromatic N) is 1. The molecule has 0 aliphatic carbocycles. The van der Waals surface area contributed by atoms with Crippen LogP contribution in [0.25, 0.3) is 0 Å². The smallest absolute Gasteiger partial charge is 0.434 e. The molecule has 11 nitrogen and oxygen atoms in total. The van der Waals surface area contributed by atoms with E-state index in [2.05, 4.69) is 5.32 Å². The molecule has 0 bridgehead atoms. The predicted molar refractivity (Wildman–Crippen MR) is 127 cm³/mol. The van der Waals surface area contributed by atoms with Crippen LogP contribution in [0, 0.1) is 16.0 Å². The molecule has 1 heterocycles. The van der Waals surface area contributed by atoms with Gasteiger partial charge < -0.3 is 30.0 Å². The van der Waals surface area contributed by atoms with E-state index in [1.54, 1.807) is 19.9 Å². The van der Waals surface area contributed by atoms with Gasteiger partial charge in [0.1, 0.15) is 17.4 Å². The van der Waals surface area contributed by atoms with Crippen LogP contribution in [0.5, 0.6) is 0 Å². The Morgan fingerprint density at radius 3 is 2.26 bits per heavy atom. The van der Waals surface area contributed by atoms with Crippen molar-refractivity contribution in [2.45, 2.75) is 52.9 Å². The van der Waals surface area contributed by atoms with Gasteiger partial charge in [0.05, 0.1) is 29.5 Å². The molecule has 0 fully saturated rings.